The minimum Gasteiger partial charge on any atom is -0.478 e. The summed E-state index contributed by atoms with van der Waals surface area (Å²) in [6.45, 7) is 7.51. The molecular weight excluding hydrogens is 468 g/mol. The van der Waals surface area contributed by atoms with Crippen molar-refractivity contribution in [3.63, 3.8) is 0 Å². The minimum atomic E-state index is -3.44. The summed E-state index contributed by atoms with van der Waals surface area (Å²) in [7, 11) is -3.44. The fourth-order valence-corrected chi connectivity index (χ4v) is 5.83. The number of hydrogen-bond donors (Lipinski definition) is 3. The second-order valence-corrected chi connectivity index (χ2v) is 10.3. The Hall–Kier alpha value is -3.59. The van der Waals surface area contributed by atoms with E-state index < -0.39 is 27.4 Å². The summed E-state index contributed by atoms with van der Waals surface area (Å²) in [5.41, 5.74) is 2.00. The van der Waals surface area contributed by atoms with Crippen LogP contribution < -0.4 is 4.72 Å². The van der Waals surface area contributed by atoms with E-state index in [1.165, 1.54) is 0 Å². The van der Waals surface area contributed by atoms with E-state index in [2.05, 4.69) is 4.72 Å². The number of anilines is 1. The molecule has 0 atom stereocenters. The van der Waals surface area contributed by atoms with Gasteiger partial charge in [0.1, 0.15) is 0 Å². The van der Waals surface area contributed by atoms with Crippen LogP contribution in [0.1, 0.15) is 39.7 Å². The van der Waals surface area contributed by atoms with Crippen molar-refractivity contribution in [3.05, 3.63) is 76.6 Å². The molecule has 1 aliphatic heterocycles. The molecule has 1 aliphatic rings. The minimum absolute atomic E-state index is 0.0349. The Morgan fingerprint density at radius 2 is 1.43 bits per heavy atom. The third-order valence-electron chi connectivity index (χ3n) is 6.55. The summed E-state index contributed by atoms with van der Waals surface area (Å²) in [5, 5.41) is 20.8. The zero-order chi connectivity index (χ0) is 26.1. The molecule has 0 spiro atoms. The fraction of sp³-hybridized carbons (Fsp3) is 0.308. The van der Waals surface area contributed by atoms with Gasteiger partial charge in [-0.2, -0.15) is 0 Å². The van der Waals surface area contributed by atoms with E-state index in [1.54, 1.807) is 68.1 Å². The van der Waals surface area contributed by atoms with Crippen molar-refractivity contribution in [2.75, 3.05) is 17.5 Å². The maximum absolute atomic E-state index is 12.7. The maximum atomic E-state index is 12.7. The molecule has 0 aromatic heterocycles. The number of nitrogens with zero attached hydrogens (tertiary/aromatic N) is 1. The summed E-state index contributed by atoms with van der Waals surface area (Å²) in [6.07, 6.45) is 1.28. The number of carboxylic acids is 2. The molecule has 3 N–H and O–H groups in total. The largest absolute Gasteiger partial charge is 0.478 e. The number of carbonyl (C=O) groups is 2. The van der Waals surface area contributed by atoms with Crippen LogP contribution in [-0.2, 0) is 25.0 Å². The highest BCUT2D eigenvalue weighted by Crippen LogP contribution is 2.51. The van der Waals surface area contributed by atoms with Gasteiger partial charge in [-0.15, -0.1) is 0 Å². The summed E-state index contributed by atoms with van der Waals surface area (Å²) >= 11 is 0. The Morgan fingerprint density at radius 3 is 1.86 bits per heavy atom. The smallest absolute Gasteiger partial charge is 0.334 e. The number of carboxylic acid groups (broad SMARTS) is 2. The predicted molar refractivity (Wildman–Crippen MR) is 135 cm³/mol. The van der Waals surface area contributed by atoms with Gasteiger partial charge in [0.2, 0.25) is 10.0 Å². The van der Waals surface area contributed by atoms with Crippen molar-refractivity contribution >= 4 is 27.6 Å². The van der Waals surface area contributed by atoms with Crippen molar-refractivity contribution in [2.24, 2.45) is 0 Å². The van der Waals surface area contributed by atoms with Crippen LogP contribution >= 0.6 is 0 Å². The van der Waals surface area contributed by atoms with Crippen LogP contribution in [0.5, 0.6) is 0 Å². The lowest BCUT2D eigenvalue weighted by atomic mass is 9.62. The first kappa shape index (κ1) is 26.0. The van der Waals surface area contributed by atoms with Crippen molar-refractivity contribution in [1.82, 2.24) is 4.90 Å². The Labute approximate surface area is 205 Å². The highest BCUT2D eigenvalue weighted by molar-refractivity contribution is 7.92. The molecule has 0 saturated heterocycles. The van der Waals surface area contributed by atoms with Crippen molar-refractivity contribution in [3.8, 4) is 11.1 Å². The average molecular weight is 499 g/mol. The van der Waals surface area contributed by atoms with E-state index in [0.717, 1.165) is 6.26 Å². The molecule has 35 heavy (non-hydrogen) atoms. The number of allylic oxidation sites excluding steroid dienone is 2. The highest BCUT2D eigenvalue weighted by atomic mass is 32.2. The van der Waals surface area contributed by atoms with Crippen molar-refractivity contribution in [1.29, 1.82) is 0 Å². The third kappa shape index (κ3) is 4.55. The Morgan fingerprint density at radius 1 is 0.914 bits per heavy atom. The van der Waals surface area contributed by atoms with Gasteiger partial charge in [0.15, 0.2) is 0 Å². The standard InChI is InChI=1S/C26H30N2O6S/c1-6-26(22(24(29)30)16(3)28(7-2)17(4)23(26)25(31)32)21-11-9-8-10-20(21)18-12-14-19(15-13-18)27-35(5,33)34/h8-15,27H,6-7H2,1-5H3,(H,29,30)(H,31,32). The molecule has 0 bridgehead atoms. The van der Waals surface area contributed by atoms with Crippen LogP contribution in [-0.4, -0.2) is 48.3 Å². The second kappa shape index (κ2) is 9.58. The Balaban J connectivity index is 2.36. The van der Waals surface area contributed by atoms with E-state index in [4.69, 9.17) is 0 Å². The van der Waals surface area contributed by atoms with Gasteiger partial charge in [-0.05, 0) is 56.0 Å². The molecule has 2 aromatic carbocycles. The van der Waals surface area contributed by atoms with Crippen LogP contribution in [0.3, 0.4) is 0 Å². The topological polar surface area (TPSA) is 124 Å². The number of sulfonamides is 1. The third-order valence-corrected chi connectivity index (χ3v) is 7.15. The van der Waals surface area contributed by atoms with Crippen LogP contribution in [0, 0.1) is 0 Å². The molecule has 0 aliphatic carbocycles. The number of benzene rings is 2. The van der Waals surface area contributed by atoms with Gasteiger partial charge in [0, 0.05) is 23.6 Å². The molecule has 0 saturated carbocycles. The summed E-state index contributed by atoms with van der Waals surface area (Å²) in [6, 6.07) is 13.9. The zero-order valence-corrected chi connectivity index (χ0v) is 21.2. The number of aliphatic carboxylic acids is 2. The number of nitrogens with one attached hydrogen (secondary N) is 1. The lowest BCUT2D eigenvalue weighted by Crippen LogP contribution is -2.45. The average Bonchev–Trinajstić information content (AvgIpc) is 2.77. The molecule has 0 fully saturated rings. The predicted octanol–water partition coefficient (Wildman–Crippen LogP) is 4.43. The van der Waals surface area contributed by atoms with Crippen LogP contribution in [0.25, 0.3) is 11.1 Å². The van der Waals surface area contributed by atoms with E-state index in [9.17, 15) is 28.2 Å². The van der Waals surface area contributed by atoms with E-state index in [1.807, 2.05) is 13.0 Å². The van der Waals surface area contributed by atoms with E-state index >= 15 is 0 Å². The van der Waals surface area contributed by atoms with Gasteiger partial charge in [-0.25, -0.2) is 18.0 Å². The van der Waals surface area contributed by atoms with Crippen molar-refractivity contribution in [2.45, 2.75) is 39.5 Å². The van der Waals surface area contributed by atoms with Crippen LogP contribution in [0.4, 0.5) is 5.69 Å². The number of hydrogen-bond acceptors (Lipinski definition) is 5. The first-order valence-electron chi connectivity index (χ1n) is 11.2. The molecule has 8 nitrogen and oxygen atoms in total. The highest BCUT2D eigenvalue weighted by Gasteiger charge is 2.51. The molecule has 1 heterocycles. The van der Waals surface area contributed by atoms with Gasteiger partial charge in [0.05, 0.1) is 22.8 Å². The van der Waals surface area contributed by atoms with Gasteiger partial charge < -0.3 is 15.1 Å². The Bertz CT molecular complexity index is 1300. The molecular formula is C26H30N2O6S. The molecule has 0 unspecified atom stereocenters. The SMILES string of the molecule is CCN1C(C)=C(C(=O)O)C(CC)(c2ccccc2-c2ccc(NS(C)(=O)=O)cc2)C(C(=O)O)=C1C. The van der Waals surface area contributed by atoms with E-state index in [0.29, 0.717) is 40.3 Å². The Kier molecular flexibility index (Phi) is 7.12. The van der Waals surface area contributed by atoms with Gasteiger partial charge in [-0.1, -0.05) is 43.3 Å². The first-order chi connectivity index (χ1) is 16.4. The summed E-state index contributed by atoms with van der Waals surface area (Å²) in [4.78, 5) is 27.1. The quantitative estimate of drug-likeness (QED) is 0.492. The second-order valence-electron chi connectivity index (χ2n) is 8.53. The van der Waals surface area contributed by atoms with Gasteiger partial charge in [-0.3, -0.25) is 4.72 Å². The summed E-state index contributed by atoms with van der Waals surface area (Å²) in [5.74, 6) is -2.34. The molecule has 9 heteroatoms. The van der Waals surface area contributed by atoms with E-state index in [-0.39, 0.29) is 17.6 Å². The molecule has 186 valence electrons. The monoisotopic (exact) mass is 498 g/mol. The lowest BCUT2D eigenvalue weighted by molar-refractivity contribution is -0.134. The van der Waals surface area contributed by atoms with Gasteiger partial charge >= 0.3 is 11.9 Å². The first-order valence-corrected chi connectivity index (χ1v) is 13.1. The lowest BCUT2D eigenvalue weighted by Gasteiger charge is -2.45. The number of rotatable bonds is 8. The molecule has 2 aromatic rings. The summed E-state index contributed by atoms with van der Waals surface area (Å²) < 4.78 is 25.6. The maximum Gasteiger partial charge on any atom is 0.334 e. The zero-order valence-electron chi connectivity index (χ0n) is 20.4. The molecule has 0 amide bonds. The van der Waals surface area contributed by atoms with Crippen molar-refractivity contribution < 1.29 is 28.2 Å². The fourth-order valence-electron chi connectivity index (χ4n) is 5.27. The molecule has 0 radical (unpaired) electrons. The molecule has 3 rings (SSSR count). The van der Waals surface area contributed by atoms with Crippen LogP contribution in [0.15, 0.2) is 71.1 Å². The normalized spacial score (nSPS) is 15.9. The van der Waals surface area contributed by atoms with Gasteiger partial charge in [0.25, 0.3) is 0 Å². The van der Waals surface area contributed by atoms with Crippen LogP contribution in [0.2, 0.25) is 0 Å².